The summed E-state index contributed by atoms with van der Waals surface area (Å²) in [5, 5.41) is 30.2. The van der Waals surface area contributed by atoms with Gasteiger partial charge in [-0.25, -0.2) is 0 Å². The normalized spacial score (nSPS) is 59.6. The first-order valence-electron chi connectivity index (χ1n) is 5.84. The summed E-state index contributed by atoms with van der Waals surface area (Å²) < 4.78 is 16.6. The second-order valence-corrected chi connectivity index (χ2v) is 5.60. The van der Waals surface area contributed by atoms with Crippen LogP contribution in [0.15, 0.2) is 0 Å². The van der Waals surface area contributed by atoms with E-state index in [9.17, 15) is 15.3 Å². The third kappa shape index (κ3) is 1.16. The van der Waals surface area contributed by atoms with Gasteiger partial charge in [0.05, 0.1) is 6.61 Å². The van der Waals surface area contributed by atoms with Gasteiger partial charge in [0.1, 0.15) is 23.4 Å². The molecule has 0 bridgehead atoms. The molecule has 0 aromatic carbocycles. The molecule has 3 rings (SSSR count). The van der Waals surface area contributed by atoms with Crippen LogP contribution in [0, 0.1) is 5.92 Å². The first-order chi connectivity index (χ1) is 7.77. The molecule has 2 aliphatic heterocycles. The largest absolute Gasteiger partial charge is 0.394 e. The van der Waals surface area contributed by atoms with Gasteiger partial charge in [-0.3, -0.25) is 0 Å². The molecule has 6 nitrogen and oxygen atoms in total. The number of hydrogen-bond acceptors (Lipinski definition) is 6. The molecule has 3 N–H and O–H groups in total. The molecule has 6 atom stereocenters. The van der Waals surface area contributed by atoms with Gasteiger partial charge in [0.25, 0.3) is 0 Å². The van der Waals surface area contributed by atoms with E-state index in [1.165, 1.54) is 0 Å². The monoisotopic (exact) mass is 246 g/mol. The van der Waals surface area contributed by atoms with Gasteiger partial charge in [-0.2, -0.15) is 0 Å². The Hall–Kier alpha value is -0.240. The highest BCUT2D eigenvalue weighted by molar-refractivity contribution is 5.33. The Kier molecular flexibility index (Phi) is 2.10. The quantitative estimate of drug-likeness (QED) is 0.548. The van der Waals surface area contributed by atoms with E-state index in [1.54, 1.807) is 20.8 Å². The van der Waals surface area contributed by atoms with Gasteiger partial charge in [0.15, 0.2) is 12.1 Å². The Balaban J connectivity index is 1.96. The Bertz CT molecular complexity index is 358. The third-order valence-corrected chi connectivity index (χ3v) is 4.33. The van der Waals surface area contributed by atoms with Crippen LogP contribution in [0.4, 0.5) is 0 Å². The minimum atomic E-state index is -1.45. The van der Waals surface area contributed by atoms with Crippen molar-refractivity contribution in [2.45, 2.75) is 56.3 Å². The standard InChI is InChI=1S/C11H18O6/c1-5-10(13)6(4-12)15-8-7(11(5,10)14)16-9(2,3)17-8/h5-8,12-14H,4H2,1-3H3/t5?,6-,7+,8-,10+,11-/m1/s1. The Morgan fingerprint density at radius 2 is 1.76 bits per heavy atom. The van der Waals surface area contributed by atoms with E-state index < -0.39 is 41.4 Å². The molecule has 1 saturated carbocycles. The summed E-state index contributed by atoms with van der Waals surface area (Å²) in [5.41, 5.74) is -2.86. The van der Waals surface area contributed by atoms with Crippen LogP contribution in [-0.4, -0.2) is 57.4 Å². The Labute approximate surface area is 99.1 Å². The molecule has 0 amide bonds. The lowest BCUT2D eigenvalue weighted by Gasteiger charge is -2.36. The first kappa shape index (κ1) is 11.8. The van der Waals surface area contributed by atoms with Gasteiger partial charge < -0.3 is 29.5 Å². The van der Waals surface area contributed by atoms with E-state index in [4.69, 9.17) is 14.2 Å². The van der Waals surface area contributed by atoms with E-state index in [0.29, 0.717) is 0 Å². The van der Waals surface area contributed by atoms with Gasteiger partial charge in [-0.05, 0) is 13.8 Å². The lowest BCUT2D eigenvalue weighted by atomic mass is 9.99. The molecule has 3 fully saturated rings. The maximum atomic E-state index is 10.5. The molecule has 98 valence electrons. The van der Waals surface area contributed by atoms with Gasteiger partial charge in [-0.15, -0.1) is 0 Å². The number of aliphatic hydroxyl groups excluding tert-OH is 1. The van der Waals surface area contributed by atoms with Crippen LogP contribution in [0.3, 0.4) is 0 Å². The summed E-state index contributed by atoms with van der Waals surface area (Å²) in [6, 6.07) is 0. The van der Waals surface area contributed by atoms with Gasteiger partial charge in [-0.1, -0.05) is 6.92 Å². The summed E-state index contributed by atoms with van der Waals surface area (Å²) in [6.45, 7) is 4.79. The van der Waals surface area contributed by atoms with Crippen molar-refractivity contribution in [2.24, 2.45) is 5.92 Å². The number of ether oxygens (including phenoxy) is 3. The fraction of sp³-hybridized carbons (Fsp3) is 1.00. The third-order valence-electron chi connectivity index (χ3n) is 4.33. The van der Waals surface area contributed by atoms with Crippen LogP contribution in [0.2, 0.25) is 0 Å². The predicted octanol–water partition coefficient (Wildman–Crippen LogP) is -1.03. The minimum Gasteiger partial charge on any atom is -0.394 e. The molecule has 0 radical (unpaired) electrons. The predicted molar refractivity (Wildman–Crippen MR) is 54.8 cm³/mol. The molecule has 3 aliphatic rings. The molecule has 2 saturated heterocycles. The fourth-order valence-corrected chi connectivity index (χ4v) is 3.26. The van der Waals surface area contributed by atoms with Gasteiger partial charge in [0, 0.05) is 5.92 Å². The highest BCUT2D eigenvalue weighted by Gasteiger charge is 2.86. The molecule has 1 unspecified atom stereocenters. The number of aliphatic hydroxyl groups is 3. The topological polar surface area (TPSA) is 88.4 Å². The summed E-state index contributed by atoms with van der Waals surface area (Å²) in [6.07, 6.45) is -2.32. The van der Waals surface area contributed by atoms with Crippen molar-refractivity contribution in [1.29, 1.82) is 0 Å². The van der Waals surface area contributed by atoms with Crippen molar-refractivity contribution < 1.29 is 29.5 Å². The average molecular weight is 246 g/mol. The highest BCUT2D eigenvalue weighted by atomic mass is 16.8. The smallest absolute Gasteiger partial charge is 0.190 e. The van der Waals surface area contributed by atoms with Crippen LogP contribution in [0.5, 0.6) is 0 Å². The van der Waals surface area contributed by atoms with E-state index >= 15 is 0 Å². The van der Waals surface area contributed by atoms with Crippen molar-refractivity contribution in [3.05, 3.63) is 0 Å². The molecular formula is C11H18O6. The van der Waals surface area contributed by atoms with Crippen LogP contribution in [-0.2, 0) is 14.2 Å². The Morgan fingerprint density at radius 3 is 2.35 bits per heavy atom. The van der Waals surface area contributed by atoms with Gasteiger partial charge >= 0.3 is 0 Å². The van der Waals surface area contributed by atoms with E-state index in [-0.39, 0.29) is 6.61 Å². The lowest BCUT2D eigenvalue weighted by molar-refractivity contribution is -0.257. The first-order valence-corrected chi connectivity index (χ1v) is 5.84. The second kappa shape index (κ2) is 3.01. The van der Waals surface area contributed by atoms with Crippen LogP contribution < -0.4 is 0 Å². The van der Waals surface area contributed by atoms with Crippen LogP contribution in [0.1, 0.15) is 20.8 Å². The average Bonchev–Trinajstić information content (AvgIpc) is 2.57. The SMILES string of the molecule is CC1[C@@]2(O)[C@H]3OC(C)(C)O[C@H]3O[C@H](CO)[C@@]12O. The zero-order chi connectivity index (χ0) is 12.6. The molecule has 1 aliphatic carbocycles. The summed E-state index contributed by atoms with van der Waals surface area (Å²) in [4.78, 5) is 0. The number of fused-ring (bicyclic) bond motifs is 3. The molecular weight excluding hydrogens is 228 g/mol. The molecule has 0 aromatic heterocycles. The maximum Gasteiger partial charge on any atom is 0.190 e. The fourth-order valence-electron chi connectivity index (χ4n) is 3.26. The number of hydrogen-bond donors (Lipinski definition) is 3. The van der Waals surface area contributed by atoms with E-state index in [1.807, 2.05) is 0 Å². The highest BCUT2D eigenvalue weighted by Crippen LogP contribution is 2.64. The van der Waals surface area contributed by atoms with Crippen molar-refractivity contribution in [2.75, 3.05) is 6.61 Å². The second-order valence-electron chi connectivity index (χ2n) is 5.60. The summed E-state index contributed by atoms with van der Waals surface area (Å²) in [7, 11) is 0. The van der Waals surface area contributed by atoms with Crippen molar-refractivity contribution in [3.63, 3.8) is 0 Å². The van der Waals surface area contributed by atoms with Gasteiger partial charge in [0.2, 0.25) is 0 Å². The lowest BCUT2D eigenvalue weighted by Crippen LogP contribution is -2.57. The minimum absolute atomic E-state index is 0.365. The van der Waals surface area contributed by atoms with E-state index in [2.05, 4.69) is 0 Å². The zero-order valence-electron chi connectivity index (χ0n) is 10.1. The Morgan fingerprint density at radius 1 is 1.12 bits per heavy atom. The van der Waals surface area contributed by atoms with Crippen LogP contribution in [0.25, 0.3) is 0 Å². The van der Waals surface area contributed by atoms with Crippen molar-refractivity contribution in [3.8, 4) is 0 Å². The van der Waals surface area contributed by atoms with Crippen molar-refractivity contribution in [1.82, 2.24) is 0 Å². The summed E-state index contributed by atoms with van der Waals surface area (Å²) in [5.74, 6) is -1.28. The molecule has 0 spiro atoms. The molecule has 17 heavy (non-hydrogen) atoms. The van der Waals surface area contributed by atoms with E-state index in [0.717, 1.165) is 0 Å². The molecule has 0 aromatic rings. The van der Waals surface area contributed by atoms with Crippen LogP contribution >= 0.6 is 0 Å². The number of rotatable bonds is 1. The molecule has 2 heterocycles. The zero-order valence-corrected chi connectivity index (χ0v) is 10.1. The maximum absolute atomic E-state index is 10.5. The summed E-state index contributed by atoms with van der Waals surface area (Å²) >= 11 is 0. The molecule has 6 heteroatoms. The van der Waals surface area contributed by atoms with Crippen molar-refractivity contribution >= 4 is 0 Å².